The Balaban J connectivity index is 2.86. The fourth-order valence-corrected chi connectivity index (χ4v) is 1.94. The molecule has 2 aromatic rings. The van der Waals surface area contributed by atoms with Gasteiger partial charge < -0.3 is 9.67 Å². The van der Waals surface area contributed by atoms with E-state index in [1.54, 1.807) is 18.5 Å². The molecule has 0 saturated carbocycles. The smallest absolute Gasteiger partial charge is 0.377 e. The molecule has 0 amide bonds. The summed E-state index contributed by atoms with van der Waals surface area (Å²) < 4.78 is 14.8. The fraction of sp³-hybridized carbons (Fsp3) is 0.167. The molecule has 0 saturated heterocycles. The van der Waals surface area contributed by atoms with E-state index >= 15 is 0 Å². The van der Waals surface area contributed by atoms with Gasteiger partial charge in [-0.05, 0) is 25.1 Å². The molecule has 88 valence electrons. The lowest BCUT2D eigenvalue weighted by molar-refractivity contribution is -0.131. The maximum Gasteiger partial charge on any atom is 0.377 e. The number of carbonyl (C=O) groups excluding carboxylic acids is 1. The van der Waals surface area contributed by atoms with Crippen LogP contribution in [0.4, 0.5) is 4.39 Å². The van der Waals surface area contributed by atoms with E-state index < -0.39 is 17.6 Å². The summed E-state index contributed by atoms with van der Waals surface area (Å²) in [4.78, 5) is 22.3. The van der Waals surface area contributed by atoms with Crippen LogP contribution < -0.4 is 0 Å². The highest BCUT2D eigenvalue weighted by molar-refractivity contribution is 6.42. The second-order valence-electron chi connectivity index (χ2n) is 3.82. The minimum absolute atomic E-state index is 0.0505. The number of carboxylic acid groups (broad SMARTS) is 1. The van der Waals surface area contributed by atoms with Crippen molar-refractivity contribution >= 4 is 22.7 Å². The maximum atomic E-state index is 13.2. The van der Waals surface area contributed by atoms with Crippen LogP contribution in [-0.2, 0) is 11.8 Å². The predicted molar refractivity (Wildman–Crippen MR) is 59.6 cm³/mol. The van der Waals surface area contributed by atoms with Crippen molar-refractivity contribution in [1.29, 1.82) is 0 Å². The van der Waals surface area contributed by atoms with Crippen molar-refractivity contribution in [2.75, 3.05) is 0 Å². The third-order valence-corrected chi connectivity index (χ3v) is 2.88. The third-order valence-electron chi connectivity index (χ3n) is 2.88. The van der Waals surface area contributed by atoms with Crippen molar-refractivity contribution in [3.8, 4) is 0 Å². The van der Waals surface area contributed by atoms with E-state index in [4.69, 9.17) is 5.11 Å². The number of carboxylic acids is 1. The molecule has 0 aliphatic rings. The van der Waals surface area contributed by atoms with Crippen molar-refractivity contribution in [2.45, 2.75) is 6.92 Å². The Morgan fingerprint density at radius 2 is 2.00 bits per heavy atom. The zero-order chi connectivity index (χ0) is 12.7. The van der Waals surface area contributed by atoms with Crippen LogP contribution in [0.3, 0.4) is 0 Å². The summed E-state index contributed by atoms with van der Waals surface area (Å²) in [6.07, 6.45) is 0. The molecule has 2 rings (SSSR count). The quantitative estimate of drug-likeness (QED) is 0.638. The van der Waals surface area contributed by atoms with Gasteiger partial charge in [0.1, 0.15) is 5.82 Å². The Bertz CT molecular complexity index is 643. The SMILES string of the molecule is Cc1c(C(=O)C(=O)O)c2cc(F)ccc2n1C. The zero-order valence-electron chi connectivity index (χ0n) is 9.32. The normalized spacial score (nSPS) is 10.8. The molecule has 1 heterocycles. The first-order chi connectivity index (χ1) is 7.93. The molecule has 5 heteroatoms. The second kappa shape index (κ2) is 3.69. The van der Waals surface area contributed by atoms with Gasteiger partial charge in [-0.15, -0.1) is 0 Å². The average Bonchev–Trinajstić information content (AvgIpc) is 2.50. The molecule has 0 aliphatic heterocycles. The summed E-state index contributed by atoms with van der Waals surface area (Å²) in [6, 6.07) is 3.98. The van der Waals surface area contributed by atoms with Gasteiger partial charge in [0.15, 0.2) is 0 Å². The van der Waals surface area contributed by atoms with Crippen molar-refractivity contribution in [1.82, 2.24) is 4.57 Å². The molecular weight excluding hydrogens is 225 g/mol. The number of Topliss-reactive ketones (excluding diaryl/α,β-unsaturated/α-hetero) is 1. The Hall–Kier alpha value is -2.17. The van der Waals surface area contributed by atoms with Gasteiger partial charge in [0.2, 0.25) is 0 Å². The van der Waals surface area contributed by atoms with Gasteiger partial charge in [0.05, 0.1) is 5.56 Å². The van der Waals surface area contributed by atoms with Gasteiger partial charge in [-0.25, -0.2) is 9.18 Å². The summed E-state index contributed by atoms with van der Waals surface area (Å²) in [7, 11) is 1.70. The van der Waals surface area contributed by atoms with Crippen molar-refractivity contribution < 1.29 is 19.1 Å². The van der Waals surface area contributed by atoms with E-state index in [0.717, 1.165) is 0 Å². The van der Waals surface area contributed by atoms with Gasteiger partial charge in [-0.2, -0.15) is 0 Å². The summed E-state index contributed by atoms with van der Waals surface area (Å²) >= 11 is 0. The largest absolute Gasteiger partial charge is 0.475 e. The highest BCUT2D eigenvalue weighted by Crippen LogP contribution is 2.26. The molecule has 17 heavy (non-hydrogen) atoms. The average molecular weight is 235 g/mol. The topological polar surface area (TPSA) is 59.3 Å². The van der Waals surface area contributed by atoms with Gasteiger partial charge in [0, 0.05) is 23.6 Å². The van der Waals surface area contributed by atoms with Crippen LogP contribution in [0.25, 0.3) is 10.9 Å². The van der Waals surface area contributed by atoms with Gasteiger partial charge in [-0.1, -0.05) is 0 Å². The third kappa shape index (κ3) is 1.60. The molecule has 0 fully saturated rings. The van der Waals surface area contributed by atoms with E-state index in [9.17, 15) is 14.0 Å². The standard InChI is InChI=1S/C12H10FNO3/c1-6-10(11(15)12(16)17)8-5-7(13)3-4-9(8)14(6)2/h3-5H,1-2H3,(H,16,17). The fourth-order valence-electron chi connectivity index (χ4n) is 1.94. The number of hydrogen-bond acceptors (Lipinski definition) is 2. The van der Waals surface area contributed by atoms with Crippen molar-refractivity contribution in [3.63, 3.8) is 0 Å². The summed E-state index contributed by atoms with van der Waals surface area (Å²) in [6.45, 7) is 1.63. The summed E-state index contributed by atoms with van der Waals surface area (Å²) in [5.74, 6) is -3.05. The number of fused-ring (bicyclic) bond motifs is 1. The van der Waals surface area contributed by atoms with Crippen LogP contribution in [0.2, 0.25) is 0 Å². The summed E-state index contributed by atoms with van der Waals surface area (Å²) in [5.41, 5.74) is 1.20. The highest BCUT2D eigenvalue weighted by atomic mass is 19.1. The first kappa shape index (κ1) is 11.3. The number of aryl methyl sites for hydroxylation is 1. The maximum absolute atomic E-state index is 13.2. The lowest BCUT2D eigenvalue weighted by atomic mass is 10.1. The highest BCUT2D eigenvalue weighted by Gasteiger charge is 2.23. The Morgan fingerprint density at radius 3 is 2.59 bits per heavy atom. The van der Waals surface area contributed by atoms with Crippen LogP contribution in [0, 0.1) is 12.7 Å². The van der Waals surface area contributed by atoms with Crippen LogP contribution in [0.5, 0.6) is 0 Å². The van der Waals surface area contributed by atoms with Gasteiger partial charge in [0.25, 0.3) is 5.78 Å². The monoisotopic (exact) mass is 235 g/mol. The molecule has 0 spiro atoms. The number of halogens is 1. The molecule has 0 radical (unpaired) electrons. The number of hydrogen-bond donors (Lipinski definition) is 1. The number of nitrogens with zero attached hydrogens (tertiary/aromatic N) is 1. The second-order valence-corrected chi connectivity index (χ2v) is 3.82. The Morgan fingerprint density at radius 1 is 1.35 bits per heavy atom. The van der Waals surface area contributed by atoms with E-state index in [2.05, 4.69) is 0 Å². The minimum Gasteiger partial charge on any atom is -0.475 e. The van der Waals surface area contributed by atoms with Gasteiger partial charge in [-0.3, -0.25) is 4.79 Å². The van der Waals surface area contributed by atoms with E-state index in [-0.39, 0.29) is 5.56 Å². The van der Waals surface area contributed by atoms with Crippen LogP contribution in [-0.4, -0.2) is 21.4 Å². The summed E-state index contributed by atoms with van der Waals surface area (Å²) in [5, 5.41) is 9.08. The van der Waals surface area contributed by atoms with Crippen molar-refractivity contribution in [2.24, 2.45) is 7.05 Å². The number of ketones is 1. The van der Waals surface area contributed by atoms with Gasteiger partial charge >= 0.3 is 5.97 Å². The molecule has 1 N–H and O–H groups in total. The molecule has 1 aromatic carbocycles. The first-order valence-electron chi connectivity index (χ1n) is 4.95. The molecule has 0 atom stereocenters. The lowest BCUT2D eigenvalue weighted by Gasteiger charge is -1.98. The van der Waals surface area contributed by atoms with E-state index in [1.165, 1.54) is 18.2 Å². The molecule has 4 nitrogen and oxygen atoms in total. The minimum atomic E-state index is -1.54. The molecule has 0 unspecified atom stereocenters. The Labute approximate surface area is 96.3 Å². The van der Waals surface area contributed by atoms with Crippen LogP contribution in [0.1, 0.15) is 16.1 Å². The first-order valence-corrected chi connectivity index (χ1v) is 4.95. The molecular formula is C12H10FNO3. The molecule has 0 aliphatic carbocycles. The van der Waals surface area contributed by atoms with Crippen LogP contribution >= 0.6 is 0 Å². The number of carbonyl (C=O) groups is 2. The lowest BCUT2D eigenvalue weighted by Crippen LogP contribution is -2.13. The number of benzene rings is 1. The number of aliphatic carboxylic acids is 1. The number of aromatic nitrogens is 1. The Kier molecular flexibility index (Phi) is 2.46. The zero-order valence-corrected chi connectivity index (χ0v) is 9.32. The van der Waals surface area contributed by atoms with Crippen molar-refractivity contribution in [3.05, 3.63) is 35.3 Å². The van der Waals surface area contributed by atoms with E-state index in [1.807, 2.05) is 0 Å². The molecule has 0 bridgehead atoms. The van der Waals surface area contributed by atoms with E-state index in [0.29, 0.717) is 16.6 Å². The van der Waals surface area contributed by atoms with Crippen LogP contribution in [0.15, 0.2) is 18.2 Å². The number of rotatable bonds is 2. The predicted octanol–water partition coefficient (Wildman–Crippen LogP) is 1.89. The molecule has 1 aromatic heterocycles.